The molecule has 0 bridgehead atoms. The van der Waals surface area contributed by atoms with Crippen molar-refractivity contribution in [3.05, 3.63) is 71.8 Å². The average Bonchev–Trinajstić information content (AvgIpc) is 3.29. The molecule has 2 aromatic carbocycles. The van der Waals surface area contributed by atoms with Crippen molar-refractivity contribution in [3.63, 3.8) is 0 Å². The zero-order chi connectivity index (χ0) is 20.5. The summed E-state index contributed by atoms with van der Waals surface area (Å²) in [6.45, 7) is 3.11. The Balaban J connectivity index is 1.32. The first kappa shape index (κ1) is 19.4. The molecule has 6 atom stereocenters. The highest BCUT2D eigenvalue weighted by Gasteiger charge is 2.61. The van der Waals surface area contributed by atoms with E-state index in [4.69, 9.17) is 18.9 Å². The number of nitrogens with zero attached hydrogens (tertiary/aromatic N) is 1. The van der Waals surface area contributed by atoms with Crippen LogP contribution >= 0.6 is 0 Å². The number of ether oxygens (including phenoxy) is 4. The number of esters is 1. The number of hydrogen-bond donors (Lipinski definition) is 0. The van der Waals surface area contributed by atoms with Gasteiger partial charge in [-0.25, -0.2) is 0 Å². The predicted molar refractivity (Wildman–Crippen MR) is 110 cm³/mol. The van der Waals surface area contributed by atoms with E-state index in [0.29, 0.717) is 19.8 Å². The first-order valence-electron chi connectivity index (χ1n) is 10.4. The standard InChI is InChI=1S/C24H25NO5/c1-15-19-20-22(30-24(19)26)21(28-13-17-10-6-3-7-11-17)18(29-23(20)25-15)14-27-12-16-8-4-2-5-9-16/h2-11,18-23H,12-14H2,1H3/t18-,19-,20+,21-,22-,23-/m1/s1. The minimum absolute atomic E-state index is 0.122. The summed E-state index contributed by atoms with van der Waals surface area (Å²) in [4.78, 5) is 17.1. The van der Waals surface area contributed by atoms with Gasteiger partial charge in [0, 0.05) is 5.71 Å². The molecule has 3 heterocycles. The number of aliphatic imine (C=N–C) groups is 1. The summed E-state index contributed by atoms with van der Waals surface area (Å²) in [5, 5.41) is 0. The largest absolute Gasteiger partial charge is 0.458 e. The van der Waals surface area contributed by atoms with Crippen LogP contribution in [0.4, 0.5) is 0 Å². The summed E-state index contributed by atoms with van der Waals surface area (Å²) in [5.74, 6) is -0.672. The van der Waals surface area contributed by atoms with Crippen molar-refractivity contribution in [2.45, 2.75) is 44.7 Å². The van der Waals surface area contributed by atoms with Crippen LogP contribution in [-0.2, 0) is 37.0 Å². The van der Waals surface area contributed by atoms with Gasteiger partial charge in [-0.05, 0) is 18.1 Å². The van der Waals surface area contributed by atoms with Crippen LogP contribution in [0.1, 0.15) is 18.1 Å². The lowest BCUT2D eigenvalue weighted by Gasteiger charge is -2.40. The third-order valence-electron chi connectivity index (χ3n) is 6.06. The van der Waals surface area contributed by atoms with Crippen molar-refractivity contribution >= 4 is 11.7 Å². The van der Waals surface area contributed by atoms with Gasteiger partial charge in [-0.2, -0.15) is 0 Å². The topological polar surface area (TPSA) is 66.3 Å². The van der Waals surface area contributed by atoms with Crippen LogP contribution in [0.15, 0.2) is 65.7 Å². The van der Waals surface area contributed by atoms with Gasteiger partial charge >= 0.3 is 5.97 Å². The van der Waals surface area contributed by atoms with Crippen LogP contribution < -0.4 is 0 Å². The third-order valence-corrected chi connectivity index (χ3v) is 6.06. The van der Waals surface area contributed by atoms with E-state index in [1.165, 1.54) is 0 Å². The Hall–Kier alpha value is -2.54. The highest BCUT2D eigenvalue weighted by atomic mass is 16.6. The minimum atomic E-state index is -0.405. The second kappa shape index (κ2) is 8.30. The highest BCUT2D eigenvalue weighted by Crippen LogP contribution is 2.45. The smallest absolute Gasteiger partial charge is 0.315 e. The van der Waals surface area contributed by atoms with Gasteiger partial charge in [0.2, 0.25) is 0 Å². The fourth-order valence-electron chi connectivity index (χ4n) is 4.62. The van der Waals surface area contributed by atoms with Crippen LogP contribution in [-0.4, -0.2) is 42.8 Å². The molecule has 2 fully saturated rings. The van der Waals surface area contributed by atoms with Gasteiger partial charge in [0.15, 0.2) is 6.23 Å². The Kier molecular flexibility index (Phi) is 5.37. The normalized spacial score (nSPS) is 31.9. The monoisotopic (exact) mass is 407 g/mol. The van der Waals surface area contributed by atoms with Crippen LogP contribution in [0.2, 0.25) is 0 Å². The number of benzene rings is 2. The van der Waals surface area contributed by atoms with Crippen molar-refractivity contribution < 1.29 is 23.7 Å². The molecule has 0 amide bonds. The zero-order valence-corrected chi connectivity index (χ0v) is 16.8. The van der Waals surface area contributed by atoms with Crippen LogP contribution in [0.5, 0.6) is 0 Å². The summed E-state index contributed by atoms with van der Waals surface area (Å²) in [6.07, 6.45) is -1.54. The fraction of sp³-hybridized carbons (Fsp3) is 0.417. The molecular weight excluding hydrogens is 382 g/mol. The molecule has 6 nitrogen and oxygen atoms in total. The van der Waals surface area contributed by atoms with Crippen molar-refractivity contribution in [3.8, 4) is 0 Å². The zero-order valence-electron chi connectivity index (χ0n) is 16.8. The molecule has 6 heteroatoms. The second-order valence-corrected chi connectivity index (χ2v) is 8.05. The summed E-state index contributed by atoms with van der Waals surface area (Å²) in [7, 11) is 0. The molecule has 0 aromatic heterocycles. The van der Waals surface area contributed by atoms with E-state index < -0.39 is 6.10 Å². The van der Waals surface area contributed by atoms with E-state index in [9.17, 15) is 4.79 Å². The molecule has 0 saturated carbocycles. The van der Waals surface area contributed by atoms with Crippen LogP contribution in [0, 0.1) is 11.8 Å². The Morgan fingerprint density at radius 2 is 1.63 bits per heavy atom. The lowest BCUT2D eigenvalue weighted by Crippen LogP contribution is -2.55. The average molecular weight is 407 g/mol. The van der Waals surface area contributed by atoms with E-state index in [1.54, 1.807) is 0 Å². The summed E-state index contributed by atoms with van der Waals surface area (Å²) < 4.78 is 24.3. The van der Waals surface area contributed by atoms with E-state index in [2.05, 4.69) is 4.99 Å². The Morgan fingerprint density at radius 1 is 0.967 bits per heavy atom. The predicted octanol–water partition coefficient (Wildman–Crippen LogP) is 3.15. The van der Waals surface area contributed by atoms with Gasteiger partial charge in [0.05, 0.1) is 25.7 Å². The van der Waals surface area contributed by atoms with Gasteiger partial charge in [-0.15, -0.1) is 0 Å². The number of hydrogen-bond acceptors (Lipinski definition) is 6. The molecule has 2 saturated heterocycles. The van der Waals surface area contributed by atoms with E-state index >= 15 is 0 Å². The summed E-state index contributed by atoms with van der Waals surface area (Å²) in [5.41, 5.74) is 2.93. The number of rotatable bonds is 7. The lowest BCUT2D eigenvalue weighted by molar-refractivity contribution is -0.219. The van der Waals surface area contributed by atoms with Crippen LogP contribution in [0.25, 0.3) is 0 Å². The lowest BCUT2D eigenvalue weighted by atomic mass is 9.83. The molecule has 5 rings (SSSR count). The van der Waals surface area contributed by atoms with Gasteiger partial charge in [-0.3, -0.25) is 9.79 Å². The number of carbonyl (C=O) groups excluding carboxylic acids is 1. The van der Waals surface area contributed by atoms with Crippen molar-refractivity contribution in [2.24, 2.45) is 16.8 Å². The molecule has 0 unspecified atom stereocenters. The maximum absolute atomic E-state index is 12.5. The minimum Gasteiger partial charge on any atom is -0.458 e. The molecule has 0 aliphatic carbocycles. The first-order chi connectivity index (χ1) is 14.7. The molecule has 2 aromatic rings. The summed E-state index contributed by atoms with van der Waals surface area (Å²) >= 11 is 0. The Morgan fingerprint density at radius 3 is 2.33 bits per heavy atom. The second-order valence-electron chi connectivity index (χ2n) is 8.05. The van der Waals surface area contributed by atoms with E-state index in [0.717, 1.165) is 16.8 Å². The quantitative estimate of drug-likeness (QED) is 0.660. The molecule has 3 aliphatic rings. The SMILES string of the molecule is CC1=N[C@@H]2O[C@H](COCc3ccccc3)[C@@H](OCc3ccccc3)[C@@H]3OC(=O)[C@H]1[C@@H]32. The van der Waals surface area contributed by atoms with Gasteiger partial charge in [0.25, 0.3) is 0 Å². The van der Waals surface area contributed by atoms with Gasteiger partial charge < -0.3 is 18.9 Å². The molecule has 0 spiro atoms. The fourth-order valence-corrected chi connectivity index (χ4v) is 4.62. The summed E-state index contributed by atoms with van der Waals surface area (Å²) in [6, 6.07) is 20.0. The van der Waals surface area contributed by atoms with Crippen molar-refractivity contribution in [2.75, 3.05) is 6.61 Å². The molecule has 0 N–H and O–H groups in total. The van der Waals surface area contributed by atoms with Gasteiger partial charge in [0.1, 0.15) is 24.2 Å². The van der Waals surface area contributed by atoms with Crippen molar-refractivity contribution in [1.29, 1.82) is 0 Å². The van der Waals surface area contributed by atoms with E-state index in [-0.39, 0.29) is 36.2 Å². The maximum atomic E-state index is 12.5. The first-order valence-corrected chi connectivity index (χ1v) is 10.4. The van der Waals surface area contributed by atoms with E-state index in [1.807, 2.05) is 67.6 Å². The Labute approximate surface area is 175 Å². The molecule has 0 radical (unpaired) electrons. The van der Waals surface area contributed by atoms with Crippen LogP contribution in [0.3, 0.4) is 0 Å². The molecule has 3 aliphatic heterocycles. The maximum Gasteiger partial charge on any atom is 0.315 e. The number of carbonyl (C=O) groups is 1. The van der Waals surface area contributed by atoms with Gasteiger partial charge in [-0.1, -0.05) is 60.7 Å². The molecular formula is C24H25NO5. The third kappa shape index (κ3) is 3.67. The Bertz CT molecular complexity index is 916. The highest BCUT2D eigenvalue weighted by molar-refractivity contribution is 6.04. The molecule has 30 heavy (non-hydrogen) atoms. The molecule has 156 valence electrons. The van der Waals surface area contributed by atoms with Crippen molar-refractivity contribution in [1.82, 2.24) is 0 Å².